The molecule has 0 radical (unpaired) electrons. The second-order valence-electron chi connectivity index (χ2n) is 3.91. The minimum atomic E-state index is -1.54. The number of halogens is 2. The minimum absolute atomic E-state index is 0.0727. The number of aromatic nitrogens is 1. The highest BCUT2D eigenvalue weighted by Gasteiger charge is 2.14. The van der Waals surface area contributed by atoms with Gasteiger partial charge >= 0.3 is 6.16 Å². The van der Waals surface area contributed by atoms with E-state index in [-0.39, 0.29) is 16.6 Å². The van der Waals surface area contributed by atoms with Crippen LogP contribution in [0.15, 0.2) is 30.3 Å². The Balaban J connectivity index is 2.45. The summed E-state index contributed by atoms with van der Waals surface area (Å²) >= 11 is 5.82. The number of rotatable bonds is 3. The first-order valence-corrected chi connectivity index (χ1v) is 5.91. The molecule has 0 saturated carbocycles. The van der Waals surface area contributed by atoms with E-state index >= 15 is 0 Å². The molecule has 1 heterocycles. The minimum Gasteiger partial charge on any atom is -0.449 e. The van der Waals surface area contributed by atoms with E-state index in [1.165, 1.54) is 6.07 Å². The van der Waals surface area contributed by atoms with E-state index in [1.807, 2.05) is 0 Å². The average molecular weight is 297 g/mol. The number of nitrogens with zero attached hydrogens (tertiary/aromatic N) is 1. The van der Waals surface area contributed by atoms with Gasteiger partial charge in [-0.25, -0.2) is 14.2 Å². The van der Waals surface area contributed by atoms with Crippen molar-refractivity contribution in [3.8, 4) is 17.1 Å². The van der Waals surface area contributed by atoms with Crippen LogP contribution in [0.2, 0.25) is 5.02 Å². The van der Waals surface area contributed by atoms with E-state index in [0.717, 1.165) is 0 Å². The van der Waals surface area contributed by atoms with Gasteiger partial charge in [0.15, 0.2) is 0 Å². The molecule has 0 amide bonds. The van der Waals surface area contributed by atoms with Crippen LogP contribution >= 0.6 is 11.6 Å². The molecule has 2 rings (SSSR count). The molecule has 0 aliphatic heterocycles. The van der Waals surface area contributed by atoms with Crippen LogP contribution in [-0.2, 0) is 6.67 Å². The Morgan fingerprint density at radius 3 is 2.60 bits per heavy atom. The Labute approximate surface area is 118 Å². The van der Waals surface area contributed by atoms with Crippen molar-refractivity contribution in [2.75, 3.05) is 5.73 Å². The summed E-state index contributed by atoms with van der Waals surface area (Å²) in [5.74, 6) is -0.288. The van der Waals surface area contributed by atoms with E-state index in [9.17, 15) is 9.18 Å². The molecule has 0 aliphatic carbocycles. The molecule has 0 spiro atoms. The highest BCUT2D eigenvalue weighted by atomic mass is 35.5. The quantitative estimate of drug-likeness (QED) is 0.847. The van der Waals surface area contributed by atoms with E-state index in [4.69, 9.17) is 22.4 Å². The maximum absolute atomic E-state index is 12.4. The maximum Gasteiger partial charge on any atom is 0.512 e. The molecule has 3 N–H and O–H groups in total. The number of alkyl halides is 1. The maximum atomic E-state index is 12.4. The van der Waals surface area contributed by atoms with Gasteiger partial charge in [0.05, 0.1) is 11.4 Å². The SMILES string of the molecule is Nc1cc(-c2ccc(CF)cc2)nc(OC(=O)O)c1Cl. The van der Waals surface area contributed by atoms with Gasteiger partial charge in [-0.3, -0.25) is 0 Å². The van der Waals surface area contributed by atoms with Crippen molar-refractivity contribution in [3.63, 3.8) is 0 Å². The van der Waals surface area contributed by atoms with E-state index in [2.05, 4.69) is 9.72 Å². The predicted octanol–water partition coefficient (Wildman–Crippen LogP) is 3.51. The molecule has 0 saturated heterocycles. The third kappa shape index (κ3) is 2.97. The largest absolute Gasteiger partial charge is 0.512 e. The molecule has 0 unspecified atom stereocenters. The van der Waals surface area contributed by atoms with Gasteiger partial charge in [-0.1, -0.05) is 35.9 Å². The Bertz CT molecular complexity index is 647. The first-order valence-electron chi connectivity index (χ1n) is 5.53. The van der Waals surface area contributed by atoms with Crippen molar-refractivity contribution in [2.45, 2.75) is 6.67 Å². The molecule has 0 fully saturated rings. The number of hydrogen-bond donors (Lipinski definition) is 2. The summed E-state index contributed by atoms with van der Waals surface area (Å²) in [5, 5.41) is 8.54. The van der Waals surface area contributed by atoms with Gasteiger partial charge in [0.1, 0.15) is 11.7 Å². The lowest BCUT2D eigenvalue weighted by atomic mass is 10.1. The van der Waals surface area contributed by atoms with Crippen LogP contribution in [0.1, 0.15) is 5.56 Å². The fourth-order valence-corrected chi connectivity index (χ4v) is 1.72. The summed E-state index contributed by atoms with van der Waals surface area (Å²) in [4.78, 5) is 14.6. The Kier molecular flexibility index (Phi) is 4.05. The monoisotopic (exact) mass is 296 g/mol. The van der Waals surface area contributed by atoms with E-state index in [0.29, 0.717) is 16.8 Å². The summed E-state index contributed by atoms with van der Waals surface area (Å²) < 4.78 is 16.9. The number of benzene rings is 1. The number of pyridine rings is 1. The summed E-state index contributed by atoms with van der Waals surface area (Å²) in [6.45, 7) is -0.566. The third-order valence-electron chi connectivity index (χ3n) is 2.54. The molecular formula is C13H10ClFN2O3. The second kappa shape index (κ2) is 5.75. The number of hydrogen-bond acceptors (Lipinski definition) is 4. The van der Waals surface area contributed by atoms with E-state index < -0.39 is 12.8 Å². The van der Waals surface area contributed by atoms with E-state index in [1.54, 1.807) is 24.3 Å². The molecule has 0 bridgehead atoms. The van der Waals surface area contributed by atoms with Crippen molar-refractivity contribution >= 4 is 23.4 Å². The summed E-state index contributed by atoms with van der Waals surface area (Å²) in [6, 6.07) is 7.98. The molecule has 0 aliphatic rings. The van der Waals surface area contributed by atoms with Gasteiger partial charge in [0, 0.05) is 5.56 Å². The molecular weight excluding hydrogens is 287 g/mol. The Morgan fingerprint density at radius 2 is 2.05 bits per heavy atom. The van der Waals surface area contributed by atoms with Crippen LogP contribution in [0.5, 0.6) is 5.88 Å². The van der Waals surface area contributed by atoms with Gasteiger partial charge in [-0.2, -0.15) is 0 Å². The fraction of sp³-hybridized carbons (Fsp3) is 0.0769. The standard InChI is InChI=1S/C13H10ClFN2O3/c14-11-9(16)5-10(17-12(11)20-13(18)19)8-3-1-7(6-15)2-4-8/h1-5H,6H2,(H2,16,17)(H,18,19). The van der Waals surface area contributed by atoms with Gasteiger partial charge in [-0.15, -0.1) is 0 Å². The third-order valence-corrected chi connectivity index (χ3v) is 2.92. The van der Waals surface area contributed by atoms with Crippen molar-refractivity contribution in [3.05, 3.63) is 40.9 Å². The molecule has 20 heavy (non-hydrogen) atoms. The van der Waals surface area contributed by atoms with Crippen LogP contribution in [0.4, 0.5) is 14.9 Å². The lowest BCUT2D eigenvalue weighted by Gasteiger charge is -2.08. The van der Waals surface area contributed by atoms with Gasteiger partial charge in [0.25, 0.3) is 0 Å². The van der Waals surface area contributed by atoms with Crippen LogP contribution in [0, 0.1) is 0 Å². The normalized spacial score (nSPS) is 10.3. The number of anilines is 1. The summed E-state index contributed by atoms with van der Waals surface area (Å²) in [6.07, 6.45) is -1.54. The van der Waals surface area contributed by atoms with Gasteiger partial charge < -0.3 is 15.6 Å². The first-order chi connectivity index (χ1) is 9.51. The Morgan fingerprint density at radius 1 is 1.40 bits per heavy atom. The molecule has 5 nitrogen and oxygen atoms in total. The lowest BCUT2D eigenvalue weighted by molar-refractivity contribution is 0.142. The van der Waals surface area contributed by atoms with Crippen molar-refractivity contribution < 1.29 is 19.0 Å². The molecule has 0 atom stereocenters. The topological polar surface area (TPSA) is 85.4 Å². The van der Waals surface area contributed by atoms with Gasteiger partial charge in [-0.05, 0) is 11.6 Å². The highest BCUT2D eigenvalue weighted by molar-refractivity contribution is 6.34. The lowest BCUT2D eigenvalue weighted by Crippen LogP contribution is -2.06. The fourth-order valence-electron chi connectivity index (χ4n) is 1.59. The number of nitrogen functional groups attached to an aromatic ring is 1. The number of nitrogens with two attached hydrogens (primary N) is 1. The van der Waals surface area contributed by atoms with Crippen molar-refractivity contribution in [1.82, 2.24) is 4.98 Å². The summed E-state index contributed by atoms with van der Waals surface area (Å²) in [5.41, 5.74) is 7.38. The van der Waals surface area contributed by atoms with Crippen molar-refractivity contribution in [1.29, 1.82) is 0 Å². The zero-order chi connectivity index (χ0) is 14.7. The molecule has 1 aromatic carbocycles. The predicted molar refractivity (Wildman–Crippen MR) is 72.6 cm³/mol. The van der Waals surface area contributed by atoms with Gasteiger partial charge in [0.2, 0.25) is 5.88 Å². The van der Waals surface area contributed by atoms with Crippen LogP contribution < -0.4 is 10.5 Å². The number of ether oxygens (including phenoxy) is 1. The molecule has 7 heteroatoms. The zero-order valence-electron chi connectivity index (χ0n) is 10.1. The zero-order valence-corrected chi connectivity index (χ0v) is 10.9. The second-order valence-corrected chi connectivity index (χ2v) is 4.29. The molecule has 104 valence electrons. The number of carbonyl (C=O) groups is 1. The first kappa shape index (κ1) is 14.1. The smallest absolute Gasteiger partial charge is 0.449 e. The summed E-state index contributed by atoms with van der Waals surface area (Å²) in [7, 11) is 0. The Hall–Kier alpha value is -2.34. The molecule has 1 aromatic heterocycles. The van der Waals surface area contributed by atoms with Crippen LogP contribution in [0.3, 0.4) is 0 Å². The van der Waals surface area contributed by atoms with Crippen molar-refractivity contribution in [2.24, 2.45) is 0 Å². The average Bonchev–Trinajstić information content (AvgIpc) is 2.43. The highest BCUT2D eigenvalue weighted by Crippen LogP contribution is 2.32. The van der Waals surface area contributed by atoms with Crippen LogP contribution in [0.25, 0.3) is 11.3 Å². The van der Waals surface area contributed by atoms with Crippen LogP contribution in [-0.4, -0.2) is 16.2 Å². The molecule has 2 aromatic rings. The number of carboxylic acid groups (broad SMARTS) is 1.